The Bertz CT molecular complexity index is 1200. The number of sulfonamides is 1. The molecule has 0 aliphatic rings. The third kappa shape index (κ3) is 6.04. The highest BCUT2D eigenvalue weighted by atomic mass is 32.2. The summed E-state index contributed by atoms with van der Waals surface area (Å²) in [6.45, 7) is 9.02. The lowest BCUT2D eigenvalue weighted by Crippen LogP contribution is -2.30. The van der Waals surface area contributed by atoms with E-state index in [-0.39, 0.29) is 16.6 Å². The van der Waals surface area contributed by atoms with E-state index in [0.717, 1.165) is 11.1 Å². The fraction of sp³-hybridized carbons (Fsp3) is 0.261. The average Bonchev–Trinajstić information content (AvgIpc) is 2.66. The van der Waals surface area contributed by atoms with Crippen molar-refractivity contribution in [2.45, 2.75) is 45.6 Å². The first-order chi connectivity index (χ1) is 15.0. The van der Waals surface area contributed by atoms with E-state index in [1.54, 1.807) is 26.8 Å². The summed E-state index contributed by atoms with van der Waals surface area (Å²) in [5, 5.41) is 2.73. The van der Waals surface area contributed by atoms with Crippen LogP contribution in [0.15, 0.2) is 53.4 Å². The molecule has 2 aromatic carbocycles. The van der Waals surface area contributed by atoms with Gasteiger partial charge in [0.1, 0.15) is 17.4 Å². The molecule has 0 fully saturated rings. The molecule has 0 bridgehead atoms. The minimum atomic E-state index is -3.83. The van der Waals surface area contributed by atoms with Gasteiger partial charge in [-0.3, -0.25) is 9.52 Å². The fourth-order valence-corrected chi connectivity index (χ4v) is 4.18. The molecular weight excluding hydrogens is 428 g/mol. The van der Waals surface area contributed by atoms with Crippen LogP contribution >= 0.6 is 0 Å². The molecule has 0 saturated heterocycles. The number of hydrogen-bond donors (Lipinski definition) is 2. The second kappa shape index (κ2) is 9.35. The Morgan fingerprint density at radius 2 is 1.56 bits per heavy atom. The van der Waals surface area contributed by atoms with Crippen molar-refractivity contribution in [1.29, 1.82) is 0 Å². The van der Waals surface area contributed by atoms with Crippen LogP contribution in [0, 0.1) is 27.7 Å². The number of aryl methyl sites for hydroxylation is 4. The molecule has 1 aromatic heterocycles. The lowest BCUT2D eigenvalue weighted by atomic mass is 10.1. The second-order valence-electron chi connectivity index (χ2n) is 7.64. The van der Waals surface area contributed by atoms with Gasteiger partial charge in [-0.1, -0.05) is 6.07 Å². The van der Waals surface area contributed by atoms with Crippen molar-refractivity contribution in [1.82, 2.24) is 9.97 Å². The number of rotatable bonds is 7. The van der Waals surface area contributed by atoms with E-state index in [0.29, 0.717) is 23.0 Å². The normalized spacial score (nSPS) is 12.2. The van der Waals surface area contributed by atoms with E-state index < -0.39 is 16.1 Å². The predicted octanol–water partition coefficient (Wildman–Crippen LogP) is 3.92. The summed E-state index contributed by atoms with van der Waals surface area (Å²) in [6, 6.07) is 13.2. The number of aromatic nitrogens is 2. The lowest BCUT2D eigenvalue weighted by Gasteiger charge is -2.16. The first-order valence-electron chi connectivity index (χ1n) is 10.0. The first kappa shape index (κ1) is 23.2. The minimum absolute atomic E-state index is 0.0453. The van der Waals surface area contributed by atoms with Gasteiger partial charge < -0.3 is 10.1 Å². The Labute approximate surface area is 188 Å². The lowest BCUT2D eigenvalue weighted by molar-refractivity contribution is -0.122. The molecule has 0 aliphatic carbocycles. The van der Waals surface area contributed by atoms with Crippen molar-refractivity contribution in [3.63, 3.8) is 0 Å². The van der Waals surface area contributed by atoms with Gasteiger partial charge in [-0.25, -0.2) is 18.4 Å². The molecule has 2 N–H and O–H groups in total. The number of amides is 1. The molecule has 3 aromatic rings. The molecule has 3 rings (SSSR count). The SMILES string of the molecule is Cc1cc(C)cc(O[C@@H](C)C(=O)Nc2ccc(S(=O)(=O)Nc3cc(C)nc(C)n3)cc2)c1. The topological polar surface area (TPSA) is 110 Å². The number of hydrogen-bond acceptors (Lipinski definition) is 6. The van der Waals surface area contributed by atoms with Gasteiger partial charge in [0, 0.05) is 17.4 Å². The smallest absolute Gasteiger partial charge is 0.265 e. The van der Waals surface area contributed by atoms with E-state index in [9.17, 15) is 13.2 Å². The van der Waals surface area contributed by atoms with Gasteiger partial charge in [0.25, 0.3) is 15.9 Å². The van der Waals surface area contributed by atoms with Crippen molar-refractivity contribution in [3.05, 3.63) is 71.2 Å². The number of nitrogens with one attached hydrogen (secondary N) is 2. The number of carbonyl (C=O) groups is 1. The zero-order valence-corrected chi connectivity index (χ0v) is 19.4. The number of nitrogens with zero attached hydrogens (tertiary/aromatic N) is 2. The third-order valence-electron chi connectivity index (χ3n) is 4.51. The van der Waals surface area contributed by atoms with Crippen LogP contribution in [0.3, 0.4) is 0 Å². The molecule has 1 atom stereocenters. The molecule has 0 aliphatic heterocycles. The van der Waals surface area contributed by atoms with Gasteiger partial charge in [-0.05, 0) is 82.1 Å². The van der Waals surface area contributed by atoms with Crippen molar-refractivity contribution >= 4 is 27.4 Å². The molecule has 0 saturated carbocycles. The largest absolute Gasteiger partial charge is 0.481 e. The van der Waals surface area contributed by atoms with E-state index in [1.807, 2.05) is 32.0 Å². The average molecular weight is 455 g/mol. The summed E-state index contributed by atoms with van der Waals surface area (Å²) >= 11 is 0. The first-order valence-corrected chi connectivity index (χ1v) is 11.5. The Hall–Kier alpha value is -3.46. The summed E-state index contributed by atoms with van der Waals surface area (Å²) in [4.78, 5) is 20.8. The molecular formula is C23H26N4O4S. The standard InChI is InChI=1S/C23H26N4O4S/c1-14-10-15(2)12-20(11-14)31-17(4)23(28)26-19-6-8-21(9-7-19)32(29,30)27-22-13-16(3)24-18(5)25-22/h6-13,17H,1-5H3,(H,26,28)(H,24,25,27)/t17-/m0/s1. The molecule has 0 radical (unpaired) electrons. The van der Waals surface area contributed by atoms with Crippen molar-refractivity contribution in [2.24, 2.45) is 0 Å². The summed E-state index contributed by atoms with van der Waals surface area (Å²) in [5.74, 6) is 0.945. The number of benzene rings is 2. The second-order valence-corrected chi connectivity index (χ2v) is 9.33. The van der Waals surface area contributed by atoms with E-state index in [4.69, 9.17) is 4.74 Å². The van der Waals surface area contributed by atoms with Crippen LogP contribution < -0.4 is 14.8 Å². The van der Waals surface area contributed by atoms with Crippen LogP contribution in [0.5, 0.6) is 5.75 Å². The van der Waals surface area contributed by atoms with Crippen molar-refractivity contribution in [3.8, 4) is 5.75 Å². The number of anilines is 2. The Balaban J connectivity index is 1.66. The Kier molecular flexibility index (Phi) is 6.78. The van der Waals surface area contributed by atoms with Gasteiger partial charge in [0.2, 0.25) is 0 Å². The van der Waals surface area contributed by atoms with Crippen LogP contribution in [0.4, 0.5) is 11.5 Å². The van der Waals surface area contributed by atoms with Crippen LogP contribution in [0.1, 0.15) is 29.6 Å². The van der Waals surface area contributed by atoms with Crippen LogP contribution in [0.25, 0.3) is 0 Å². The van der Waals surface area contributed by atoms with Crippen molar-refractivity contribution < 1.29 is 17.9 Å². The van der Waals surface area contributed by atoms with Crippen molar-refractivity contribution in [2.75, 3.05) is 10.0 Å². The molecule has 168 valence electrons. The summed E-state index contributed by atoms with van der Waals surface area (Å²) in [7, 11) is -3.83. The molecule has 32 heavy (non-hydrogen) atoms. The van der Waals surface area contributed by atoms with E-state index in [1.165, 1.54) is 24.3 Å². The zero-order chi connectivity index (χ0) is 23.5. The van der Waals surface area contributed by atoms with Crippen LogP contribution in [0.2, 0.25) is 0 Å². The molecule has 0 spiro atoms. The highest BCUT2D eigenvalue weighted by molar-refractivity contribution is 7.92. The van der Waals surface area contributed by atoms with Crippen LogP contribution in [-0.4, -0.2) is 30.4 Å². The minimum Gasteiger partial charge on any atom is -0.481 e. The van der Waals surface area contributed by atoms with Gasteiger partial charge in [-0.2, -0.15) is 0 Å². The Morgan fingerprint density at radius 1 is 0.938 bits per heavy atom. The fourth-order valence-electron chi connectivity index (χ4n) is 3.19. The van der Waals surface area contributed by atoms with Crippen LogP contribution in [-0.2, 0) is 14.8 Å². The molecule has 9 heteroatoms. The highest BCUT2D eigenvalue weighted by Crippen LogP contribution is 2.20. The number of ether oxygens (including phenoxy) is 1. The van der Waals surface area contributed by atoms with E-state index in [2.05, 4.69) is 20.0 Å². The zero-order valence-electron chi connectivity index (χ0n) is 18.6. The van der Waals surface area contributed by atoms with Gasteiger partial charge in [0.05, 0.1) is 4.90 Å². The monoisotopic (exact) mass is 454 g/mol. The van der Waals surface area contributed by atoms with E-state index >= 15 is 0 Å². The Morgan fingerprint density at radius 3 is 2.16 bits per heavy atom. The molecule has 8 nitrogen and oxygen atoms in total. The predicted molar refractivity (Wildman–Crippen MR) is 123 cm³/mol. The number of carbonyl (C=O) groups excluding carboxylic acids is 1. The third-order valence-corrected chi connectivity index (χ3v) is 5.89. The highest BCUT2D eigenvalue weighted by Gasteiger charge is 2.18. The van der Waals surface area contributed by atoms with Gasteiger partial charge in [-0.15, -0.1) is 0 Å². The van der Waals surface area contributed by atoms with Gasteiger partial charge in [0.15, 0.2) is 6.10 Å². The maximum atomic E-state index is 12.6. The maximum absolute atomic E-state index is 12.6. The molecule has 0 unspecified atom stereocenters. The summed E-state index contributed by atoms with van der Waals surface area (Å²) in [5.41, 5.74) is 3.21. The van der Waals surface area contributed by atoms with Gasteiger partial charge >= 0.3 is 0 Å². The molecule has 1 heterocycles. The summed E-state index contributed by atoms with van der Waals surface area (Å²) < 4.78 is 33.5. The quantitative estimate of drug-likeness (QED) is 0.560. The molecule has 1 amide bonds. The summed E-state index contributed by atoms with van der Waals surface area (Å²) in [6.07, 6.45) is -0.731. The maximum Gasteiger partial charge on any atom is 0.265 e.